The Morgan fingerprint density at radius 1 is 1.24 bits per heavy atom. The molecule has 0 radical (unpaired) electrons. The third-order valence-corrected chi connectivity index (χ3v) is 5.69. The van der Waals surface area contributed by atoms with Crippen LogP contribution < -0.4 is 4.74 Å². The average Bonchev–Trinajstić information content (AvgIpc) is 3.03. The van der Waals surface area contributed by atoms with E-state index in [9.17, 15) is 0 Å². The van der Waals surface area contributed by atoms with Crippen LogP contribution in [0.2, 0.25) is 0 Å². The highest BCUT2D eigenvalue weighted by Gasteiger charge is 2.39. The number of nitrogens with zero attached hydrogens (tertiary/aromatic N) is 3. The van der Waals surface area contributed by atoms with Crippen molar-refractivity contribution in [2.45, 2.75) is 43.9 Å². The van der Waals surface area contributed by atoms with Gasteiger partial charge in [0.1, 0.15) is 6.10 Å². The molecule has 0 amide bonds. The highest BCUT2D eigenvalue weighted by Crippen LogP contribution is 2.37. The molecule has 5 heteroatoms. The van der Waals surface area contributed by atoms with E-state index in [0.29, 0.717) is 18.2 Å². The zero-order valence-corrected chi connectivity index (χ0v) is 12.9. The summed E-state index contributed by atoms with van der Waals surface area (Å²) in [5.41, 5.74) is 1.10. The fourth-order valence-electron chi connectivity index (χ4n) is 3.55. The first-order chi connectivity index (χ1) is 10.3. The van der Waals surface area contributed by atoms with Crippen LogP contribution in [0.3, 0.4) is 0 Å². The van der Waals surface area contributed by atoms with Crippen LogP contribution >= 0.6 is 11.3 Å². The predicted molar refractivity (Wildman–Crippen MR) is 83.6 cm³/mol. The Labute approximate surface area is 128 Å². The molecule has 2 unspecified atom stereocenters. The van der Waals surface area contributed by atoms with Gasteiger partial charge in [0.2, 0.25) is 0 Å². The van der Waals surface area contributed by atoms with Crippen molar-refractivity contribution in [1.29, 1.82) is 0 Å². The number of thiazole rings is 1. The maximum atomic E-state index is 6.15. The molecule has 3 atom stereocenters. The van der Waals surface area contributed by atoms with E-state index in [1.807, 2.05) is 18.5 Å². The summed E-state index contributed by atoms with van der Waals surface area (Å²) in [6.45, 7) is 0. The molecule has 110 valence electrons. The van der Waals surface area contributed by atoms with Crippen LogP contribution in [0.1, 0.15) is 25.7 Å². The van der Waals surface area contributed by atoms with Crippen molar-refractivity contribution < 1.29 is 4.74 Å². The van der Waals surface area contributed by atoms with Gasteiger partial charge in [-0.1, -0.05) is 17.4 Å². The molecular weight excluding hydrogens is 282 g/mol. The first-order valence-corrected chi connectivity index (χ1v) is 8.36. The van der Waals surface area contributed by atoms with Crippen molar-refractivity contribution in [3.8, 4) is 15.6 Å². The van der Waals surface area contributed by atoms with Crippen molar-refractivity contribution in [3.63, 3.8) is 0 Å². The van der Waals surface area contributed by atoms with Gasteiger partial charge >= 0.3 is 0 Å². The molecule has 2 aromatic heterocycles. The largest absolute Gasteiger partial charge is 0.467 e. The van der Waals surface area contributed by atoms with Gasteiger partial charge in [-0.05, 0) is 38.8 Å². The van der Waals surface area contributed by atoms with Crippen molar-refractivity contribution in [1.82, 2.24) is 14.9 Å². The van der Waals surface area contributed by atoms with Crippen molar-refractivity contribution in [2.24, 2.45) is 0 Å². The molecule has 2 aliphatic rings. The summed E-state index contributed by atoms with van der Waals surface area (Å²) in [6.07, 6.45) is 10.8. The molecule has 2 saturated heterocycles. The molecule has 0 N–H and O–H groups in total. The number of hydrogen-bond donors (Lipinski definition) is 0. The van der Waals surface area contributed by atoms with Gasteiger partial charge in [0.05, 0.1) is 4.88 Å². The van der Waals surface area contributed by atoms with Gasteiger partial charge in [-0.3, -0.25) is 4.98 Å². The molecule has 4 heterocycles. The Hall–Kier alpha value is -1.46. The molecule has 0 spiro atoms. The minimum Gasteiger partial charge on any atom is -0.467 e. The average molecular weight is 301 g/mol. The third-order valence-electron chi connectivity index (χ3n) is 4.75. The summed E-state index contributed by atoms with van der Waals surface area (Å²) in [6, 6.07) is 5.41. The number of pyridine rings is 1. The highest BCUT2D eigenvalue weighted by atomic mass is 32.1. The highest BCUT2D eigenvalue weighted by molar-refractivity contribution is 7.16. The summed E-state index contributed by atoms with van der Waals surface area (Å²) in [5, 5.41) is 0.794. The summed E-state index contributed by atoms with van der Waals surface area (Å²) in [7, 11) is 2.25. The van der Waals surface area contributed by atoms with Crippen LogP contribution in [0, 0.1) is 0 Å². The molecule has 4 rings (SSSR count). The normalized spacial score (nSPS) is 28.7. The minimum atomic E-state index is 0.326. The molecule has 0 saturated carbocycles. The van der Waals surface area contributed by atoms with Gasteiger partial charge in [0, 0.05) is 36.2 Å². The second-order valence-electron chi connectivity index (χ2n) is 5.99. The van der Waals surface area contributed by atoms with E-state index in [0.717, 1.165) is 28.5 Å². The van der Waals surface area contributed by atoms with Crippen LogP contribution in [0.15, 0.2) is 30.7 Å². The number of rotatable bonds is 3. The third kappa shape index (κ3) is 2.56. The molecule has 4 nitrogen and oxygen atoms in total. The van der Waals surface area contributed by atoms with Gasteiger partial charge in [-0.15, -0.1) is 0 Å². The fraction of sp³-hybridized carbons (Fsp3) is 0.500. The summed E-state index contributed by atoms with van der Waals surface area (Å²) < 4.78 is 6.15. The molecular formula is C16H19N3OS. The molecule has 2 aromatic rings. The zero-order valence-electron chi connectivity index (χ0n) is 12.1. The topological polar surface area (TPSA) is 38.2 Å². The molecule has 21 heavy (non-hydrogen) atoms. The first-order valence-electron chi connectivity index (χ1n) is 7.54. The van der Waals surface area contributed by atoms with Gasteiger partial charge in [-0.2, -0.15) is 0 Å². The van der Waals surface area contributed by atoms with E-state index in [-0.39, 0.29) is 0 Å². The summed E-state index contributed by atoms with van der Waals surface area (Å²) >= 11 is 1.62. The smallest absolute Gasteiger partial charge is 0.273 e. The second kappa shape index (κ2) is 5.39. The predicted octanol–water partition coefficient (Wildman–Crippen LogP) is 3.21. The molecule has 2 aliphatic heterocycles. The minimum absolute atomic E-state index is 0.326. The molecule has 2 bridgehead atoms. The Morgan fingerprint density at radius 2 is 2.05 bits per heavy atom. The van der Waals surface area contributed by atoms with Gasteiger partial charge in [-0.25, -0.2) is 4.98 Å². The Kier molecular flexibility index (Phi) is 3.39. The number of piperidine rings is 1. The Balaban J connectivity index is 1.45. The molecule has 0 aliphatic carbocycles. The summed E-state index contributed by atoms with van der Waals surface area (Å²) in [4.78, 5) is 12.2. The van der Waals surface area contributed by atoms with Crippen LogP contribution in [0.5, 0.6) is 5.19 Å². The Bertz CT molecular complexity index is 601. The van der Waals surface area contributed by atoms with E-state index in [1.165, 1.54) is 12.8 Å². The van der Waals surface area contributed by atoms with Crippen molar-refractivity contribution in [3.05, 3.63) is 30.7 Å². The van der Waals surface area contributed by atoms with E-state index >= 15 is 0 Å². The van der Waals surface area contributed by atoms with Crippen LogP contribution in [0.4, 0.5) is 0 Å². The first kappa shape index (κ1) is 13.2. The quantitative estimate of drug-likeness (QED) is 0.872. The number of fused-ring (bicyclic) bond motifs is 2. The van der Waals surface area contributed by atoms with Gasteiger partial charge < -0.3 is 9.64 Å². The van der Waals surface area contributed by atoms with Gasteiger partial charge in [0.25, 0.3) is 5.19 Å². The van der Waals surface area contributed by atoms with Crippen LogP contribution in [-0.4, -0.2) is 40.1 Å². The molecule has 0 aromatic carbocycles. The Morgan fingerprint density at radius 3 is 2.76 bits per heavy atom. The van der Waals surface area contributed by atoms with Crippen molar-refractivity contribution in [2.75, 3.05) is 7.05 Å². The van der Waals surface area contributed by atoms with E-state index in [1.54, 1.807) is 17.5 Å². The van der Waals surface area contributed by atoms with E-state index in [2.05, 4.69) is 28.0 Å². The van der Waals surface area contributed by atoms with Gasteiger partial charge in [0.15, 0.2) is 0 Å². The lowest BCUT2D eigenvalue weighted by molar-refractivity contribution is 0.0660. The van der Waals surface area contributed by atoms with Crippen LogP contribution in [0.25, 0.3) is 10.4 Å². The van der Waals surface area contributed by atoms with Crippen molar-refractivity contribution >= 4 is 11.3 Å². The number of ether oxygens (including phenoxy) is 1. The monoisotopic (exact) mass is 301 g/mol. The SMILES string of the molecule is CN1C2CC[C@@H]1CC(Oc1ncc(-c3cccnc3)s1)C2. The maximum absolute atomic E-state index is 6.15. The fourth-order valence-corrected chi connectivity index (χ4v) is 4.38. The lowest BCUT2D eigenvalue weighted by Crippen LogP contribution is -2.43. The van der Waals surface area contributed by atoms with E-state index in [4.69, 9.17) is 4.74 Å². The molecule has 2 fully saturated rings. The summed E-state index contributed by atoms with van der Waals surface area (Å²) in [5.74, 6) is 0. The second-order valence-corrected chi connectivity index (χ2v) is 6.99. The lowest BCUT2D eigenvalue weighted by Gasteiger charge is -2.35. The van der Waals surface area contributed by atoms with Crippen LogP contribution in [-0.2, 0) is 0 Å². The van der Waals surface area contributed by atoms with E-state index < -0.39 is 0 Å². The lowest BCUT2D eigenvalue weighted by atomic mass is 10.0. The zero-order chi connectivity index (χ0) is 14.2. The number of hydrogen-bond acceptors (Lipinski definition) is 5. The standard InChI is InChI=1S/C16H19N3OS/c1-19-12-4-5-13(19)8-14(7-12)20-16-18-10-15(21-16)11-3-2-6-17-9-11/h2-3,6,9-10,12-14H,4-5,7-8H2,1H3/t12-,13?,14?/m1/s1. The maximum Gasteiger partial charge on any atom is 0.273 e. The number of aromatic nitrogens is 2.